The Hall–Kier alpha value is -4.43. The van der Waals surface area contributed by atoms with Gasteiger partial charge in [0.25, 0.3) is 0 Å². The van der Waals surface area contributed by atoms with E-state index in [0.29, 0.717) is 31.3 Å². The number of anilines is 1. The van der Waals surface area contributed by atoms with Crippen molar-refractivity contribution >= 4 is 22.8 Å². The van der Waals surface area contributed by atoms with Gasteiger partial charge in [-0.05, 0) is 61.0 Å². The molecule has 7 rings (SSSR count). The van der Waals surface area contributed by atoms with E-state index in [0.717, 1.165) is 19.4 Å². The van der Waals surface area contributed by atoms with Crippen LogP contribution in [0.15, 0.2) is 53.4 Å². The Kier molecular flexibility index (Phi) is 7.04. The van der Waals surface area contributed by atoms with E-state index in [1.54, 1.807) is 11.0 Å². The molecule has 0 bridgehead atoms. The van der Waals surface area contributed by atoms with E-state index < -0.39 is 35.6 Å². The van der Waals surface area contributed by atoms with Crippen LogP contribution in [0.5, 0.6) is 11.8 Å². The molecule has 0 amide bonds. The quantitative estimate of drug-likeness (QED) is 0.278. The van der Waals surface area contributed by atoms with Crippen LogP contribution in [0.2, 0.25) is 0 Å². The summed E-state index contributed by atoms with van der Waals surface area (Å²) in [6.45, 7) is 1.58. The molecule has 44 heavy (non-hydrogen) atoms. The van der Waals surface area contributed by atoms with Crippen LogP contribution in [0.4, 0.5) is 23.4 Å². The van der Waals surface area contributed by atoms with Gasteiger partial charge in [-0.25, -0.2) is 17.6 Å². The number of hydrogen-bond donors (Lipinski definition) is 1. The highest BCUT2D eigenvalue weighted by Gasteiger charge is 2.49. The lowest BCUT2D eigenvalue weighted by Gasteiger charge is -2.31. The maximum Gasteiger partial charge on any atom is 0.318 e. The van der Waals surface area contributed by atoms with Crippen molar-refractivity contribution in [2.75, 3.05) is 31.1 Å². The Morgan fingerprint density at radius 1 is 1.16 bits per heavy atom. The molecule has 3 unspecified atom stereocenters. The summed E-state index contributed by atoms with van der Waals surface area (Å²) in [5.41, 5.74) is -0.187. The third-order valence-electron chi connectivity index (χ3n) is 8.98. The van der Waals surface area contributed by atoms with E-state index in [1.165, 1.54) is 42.8 Å². The number of rotatable bonds is 5. The number of benzene rings is 2. The highest BCUT2D eigenvalue weighted by Crippen LogP contribution is 2.46. The first-order valence-electron chi connectivity index (χ1n) is 14.6. The Morgan fingerprint density at radius 3 is 2.86 bits per heavy atom. The van der Waals surface area contributed by atoms with Crippen molar-refractivity contribution in [1.82, 2.24) is 14.9 Å². The van der Waals surface area contributed by atoms with E-state index in [9.17, 15) is 18.3 Å². The van der Waals surface area contributed by atoms with Crippen LogP contribution < -0.4 is 9.64 Å². The molecule has 2 aromatic carbocycles. The number of aromatic hydroxyl groups is 1. The number of allylic oxidation sites excluding steroid dienone is 2. The molecule has 0 spiro atoms. The number of nitrogens with zero attached hydrogens (tertiary/aromatic N) is 5. The molecule has 11 heteroatoms. The van der Waals surface area contributed by atoms with Crippen LogP contribution in [0.25, 0.3) is 10.8 Å². The second kappa shape index (κ2) is 10.9. The van der Waals surface area contributed by atoms with Crippen molar-refractivity contribution in [2.24, 2.45) is 4.99 Å². The summed E-state index contributed by atoms with van der Waals surface area (Å²) < 4.78 is 66.6. The maximum atomic E-state index is 16.7. The number of aliphatic imine (C=N–C) groups is 1. The number of phenolic OH excluding ortho intramolecular Hbond substituents is 1. The molecule has 0 saturated carbocycles. The van der Waals surface area contributed by atoms with Crippen molar-refractivity contribution < 1.29 is 27.4 Å². The van der Waals surface area contributed by atoms with Crippen molar-refractivity contribution in [2.45, 2.75) is 49.6 Å². The number of halogens is 4. The smallest absolute Gasteiger partial charge is 0.318 e. The summed E-state index contributed by atoms with van der Waals surface area (Å²) in [7, 11) is 0. The van der Waals surface area contributed by atoms with Crippen LogP contribution in [-0.4, -0.2) is 64.1 Å². The molecular formula is C33H29F4N5O2. The third-order valence-corrected chi connectivity index (χ3v) is 8.98. The highest BCUT2D eigenvalue weighted by molar-refractivity contribution is 5.94. The van der Waals surface area contributed by atoms with Crippen LogP contribution in [0.3, 0.4) is 0 Å². The van der Waals surface area contributed by atoms with Crippen molar-refractivity contribution in [3.8, 4) is 24.1 Å². The van der Waals surface area contributed by atoms with E-state index >= 15 is 4.39 Å². The monoisotopic (exact) mass is 603 g/mol. The van der Waals surface area contributed by atoms with E-state index in [1.807, 2.05) is 0 Å². The number of terminal acetylenes is 1. The van der Waals surface area contributed by atoms with Gasteiger partial charge in [0.05, 0.1) is 22.4 Å². The minimum atomic E-state index is -1.89. The maximum absolute atomic E-state index is 16.7. The Bertz CT molecular complexity index is 1790. The molecule has 2 saturated heterocycles. The van der Waals surface area contributed by atoms with Gasteiger partial charge in [0.2, 0.25) is 0 Å². The average Bonchev–Trinajstić information content (AvgIpc) is 3.43. The molecule has 226 valence electrons. The normalized spacial score (nSPS) is 26.3. The van der Waals surface area contributed by atoms with Gasteiger partial charge < -0.3 is 14.7 Å². The molecule has 1 N–H and O–H groups in total. The fraction of sp³-hybridized carbons (Fsp3) is 0.364. The largest absolute Gasteiger partial charge is 0.508 e. The lowest BCUT2D eigenvalue weighted by Crippen LogP contribution is -2.43. The van der Waals surface area contributed by atoms with Gasteiger partial charge in [-0.2, -0.15) is 9.97 Å². The first kappa shape index (κ1) is 28.3. The highest BCUT2D eigenvalue weighted by atomic mass is 19.1. The number of aromatic nitrogens is 2. The van der Waals surface area contributed by atoms with Gasteiger partial charge in [0.1, 0.15) is 42.0 Å². The minimum Gasteiger partial charge on any atom is -0.508 e. The van der Waals surface area contributed by atoms with Crippen molar-refractivity contribution in [3.05, 3.63) is 76.6 Å². The summed E-state index contributed by atoms with van der Waals surface area (Å²) in [6, 6.07) is 4.02. The molecule has 2 fully saturated rings. The van der Waals surface area contributed by atoms with Crippen LogP contribution in [0.1, 0.15) is 60.3 Å². The molecule has 1 aromatic heterocycles. The molecule has 0 aliphatic carbocycles. The number of ether oxygens (including phenoxy) is 1. The lowest BCUT2D eigenvalue weighted by atomic mass is 9.89. The lowest BCUT2D eigenvalue weighted by molar-refractivity contribution is 0.106. The number of phenols is 1. The molecular weight excluding hydrogens is 574 g/mol. The molecule has 5 heterocycles. The molecule has 3 aromatic rings. The Balaban J connectivity index is 1.32. The van der Waals surface area contributed by atoms with E-state index in [4.69, 9.17) is 11.2 Å². The SMILES string of the molecule is C#Cc1c(F)ccc2cc(O)cc(C3N=Cc4c(nc(OC[C@@]56CCCN5CC(F)C6)nc4N4C=C(F)C=CCC4)C3F)c12. The summed E-state index contributed by atoms with van der Waals surface area (Å²) in [4.78, 5) is 17.2. The minimum absolute atomic E-state index is 0.0539. The number of hydrogen-bond acceptors (Lipinski definition) is 7. The number of fused-ring (bicyclic) bond motifs is 3. The zero-order valence-corrected chi connectivity index (χ0v) is 23.7. The summed E-state index contributed by atoms with van der Waals surface area (Å²) in [5.74, 6) is 1.23. The van der Waals surface area contributed by atoms with Gasteiger partial charge in [-0.3, -0.25) is 9.89 Å². The third kappa shape index (κ3) is 4.78. The first-order chi connectivity index (χ1) is 21.3. The fourth-order valence-corrected chi connectivity index (χ4v) is 7.00. The van der Waals surface area contributed by atoms with Crippen LogP contribution >= 0.6 is 0 Å². The topological polar surface area (TPSA) is 74.1 Å². The Morgan fingerprint density at radius 2 is 2.02 bits per heavy atom. The summed E-state index contributed by atoms with van der Waals surface area (Å²) >= 11 is 0. The first-order valence-corrected chi connectivity index (χ1v) is 14.6. The van der Waals surface area contributed by atoms with Gasteiger partial charge in [-0.15, -0.1) is 6.42 Å². The summed E-state index contributed by atoms with van der Waals surface area (Å²) in [6.07, 6.45) is 11.0. The predicted molar refractivity (Wildman–Crippen MR) is 159 cm³/mol. The van der Waals surface area contributed by atoms with Gasteiger partial charge in [0, 0.05) is 37.3 Å². The van der Waals surface area contributed by atoms with Crippen molar-refractivity contribution in [1.29, 1.82) is 0 Å². The second-order valence-corrected chi connectivity index (χ2v) is 11.7. The standard InChI is InChI=1S/C33H29F4N5O2/c1-2-23-26(36)8-7-19-12-22(43)13-24(27(19)23)29-28(37)30-25(15-38-29)31(41-10-4-3-6-20(34)16-41)40-32(39-30)44-18-33-9-5-11-42(33)17-21(35)14-33/h1,3,6-8,12-13,15-16,21,28-29,43H,4-5,9-11,14,17-18H2/t21?,28?,29?,33-/m0/s1. The molecule has 4 aliphatic rings. The van der Waals surface area contributed by atoms with Crippen LogP contribution in [0, 0.1) is 18.2 Å². The van der Waals surface area contributed by atoms with Gasteiger partial charge in [0.15, 0.2) is 6.17 Å². The summed E-state index contributed by atoms with van der Waals surface area (Å²) in [5, 5.41) is 11.2. The zero-order chi connectivity index (χ0) is 30.6. The molecule has 7 nitrogen and oxygen atoms in total. The van der Waals surface area contributed by atoms with Gasteiger partial charge >= 0.3 is 6.01 Å². The van der Waals surface area contributed by atoms with Gasteiger partial charge in [-0.1, -0.05) is 18.1 Å². The zero-order valence-electron chi connectivity index (χ0n) is 23.7. The Labute approximate surface area is 251 Å². The fourth-order valence-electron chi connectivity index (χ4n) is 7.00. The average molecular weight is 604 g/mol. The van der Waals surface area contributed by atoms with E-state index in [-0.39, 0.29) is 52.0 Å². The van der Waals surface area contributed by atoms with Crippen molar-refractivity contribution in [3.63, 3.8) is 0 Å². The molecule has 4 aliphatic heterocycles. The molecule has 0 radical (unpaired) electrons. The van der Waals surface area contributed by atoms with E-state index in [2.05, 4.69) is 25.8 Å². The number of alkyl halides is 2. The van der Waals surface area contributed by atoms with Crippen LogP contribution in [-0.2, 0) is 0 Å². The molecule has 4 atom stereocenters. The predicted octanol–water partition coefficient (Wildman–Crippen LogP) is 6.17. The second-order valence-electron chi connectivity index (χ2n) is 11.7.